The SMILES string of the molecule is CCCC(CCC)Oc1ccc(C(F)(F)F)cn1. The fraction of sp³-hybridized carbons (Fsp3) is 0.615. The van der Waals surface area contributed by atoms with Crippen LogP contribution in [0.4, 0.5) is 13.2 Å². The average Bonchev–Trinajstić information content (AvgIpc) is 2.29. The molecule has 0 spiro atoms. The van der Waals surface area contributed by atoms with Gasteiger partial charge < -0.3 is 4.74 Å². The molecule has 0 amide bonds. The number of aromatic nitrogens is 1. The second kappa shape index (κ2) is 6.61. The quantitative estimate of drug-likeness (QED) is 0.754. The summed E-state index contributed by atoms with van der Waals surface area (Å²) < 4.78 is 42.6. The van der Waals surface area contributed by atoms with Crippen LogP contribution in [0, 0.1) is 0 Å². The van der Waals surface area contributed by atoms with Gasteiger partial charge in [0.05, 0.1) is 5.56 Å². The van der Waals surface area contributed by atoms with Crippen molar-refractivity contribution in [1.29, 1.82) is 0 Å². The fourth-order valence-corrected chi connectivity index (χ4v) is 1.69. The summed E-state index contributed by atoms with van der Waals surface area (Å²) in [6.45, 7) is 4.10. The molecule has 0 aliphatic rings. The van der Waals surface area contributed by atoms with Crippen LogP contribution in [-0.2, 0) is 6.18 Å². The number of alkyl halides is 3. The monoisotopic (exact) mass is 261 g/mol. The van der Waals surface area contributed by atoms with Crippen LogP contribution in [-0.4, -0.2) is 11.1 Å². The van der Waals surface area contributed by atoms with Crippen molar-refractivity contribution in [1.82, 2.24) is 4.98 Å². The van der Waals surface area contributed by atoms with Crippen molar-refractivity contribution in [2.24, 2.45) is 0 Å². The zero-order chi connectivity index (χ0) is 13.6. The Morgan fingerprint density at radius 1 is 1.17 bits per heavy atom. The summed E-state index contributed by atoms with van der Waals surface area (Å²) in [5.41, 5.74) is -0.752. The van der Waals surface area contributed by atoms with Gasteiger partial charge in [-0.05, 0) is 18.9 Å². The van der Waals surface area contributed by atoms with Crippen LogP contribution in [0.5, 0.6) is 5.88 Å². The molecule has 1 aromatic rings. The molecular weight excluding hydrogens is 243 g/mol. The molecule has 0 aliphatic heterocycles. The van der Waals surface area contributed by atoms with Gasteiger partial charge in [-0.15, -0.1) is 0 Å². The minimum absolute atomic E-state index is 0.0317. The van der Waals surface area contributed by atoms with Crippen molar-refractivity contribution in [3.63, 3.8) is 0 Å². The van der Waals surface area contributed by atoms with E-state index in [1.54, 1.807) is 0 Å². The molecule has 102 valence electrons. The van der Waals surface area contributed by atoms with Gasteiger partial charge in [0, 0.05) is 12.3 Å². The van der Waals surface area contributed by atoms with Crippen LogP contribution in [0.15, 0.2) is 18.3 Å². The Kier molecular flexibility index (Phi) is 5.44. The fourth-order valence-electron chi connectivity index (χ4n) is 1.69. The van der Waals surface area contributed by atoms with Gasteiger partial charge in [0.15, 0.2) is 0 Å². The summed E-state index contributed by atoms with van der Waals surface area (Å²) in [5, 5.41) is 0. The number of nitrogens with zero attached hydrogens (tertiary/aromatic N) is 1. The molecule has 0 bridgehead atoms. The van der Waals surface area contributed by atoms with E-state index in [-0.39, 0.29) is 12.0 Å². The Bertz CT molecular complexity index is 342. The Morgan fingerprint density at radius 2 is 1.78 bits per heavy atom. The van der Waals surface area contributed by atoms with Crippen molar-refractivity contribution < 1.29 is 17.9 Å². The lowest BCUT2D eigenvalue weighted by atomic mass is 10.1. The molecule has 0 aliphatic carbocycles. The standard InChI is InChI=1S/C13H18F3NO/c1-3-5-11(6-4-2)18-12-8-7-10(9-17-12)13(14,15)16/h7-9,11H,3-6H2,1-2H3. The second-order valence-corrected chi connectivity index (χ2v) is 4.20. The number of ether oxygens (including phenoxy) is 1. The van der Waals surface area contributed by atoms with Crippen molar-refractivity contribution in [3.8, 4) is 5.88 Å². The van der Waals surface area contributed by atoms with Gasteiger partial charge in [-0.25, -0.2) is 4.98 Å². The highest BCUT2D eigenvalue weighted by Crippen LogP contribution is 2.29. The summed E-state index contributed by atoms with van der Waals surface area (Å²) in [4.78, 5) is 3.71. The number of hydrogen-bond acceptors (Lipinski definition) is 2. The van der Waals surface area contributed by atoms with Crippen molar-refractivity contribution in [2.75, 3.05) is 0 Å². The molecular formula is C13H18F3NO. The normalized spacial score (nSPS) is 11.9. The third kappa shape index (κ3) is 4.55. The van der Waals surface area contributed by atoms with Crippen molar-refractivity contribution in [2.45, 2.75) is 51.8 Å². The maximum absolute atomic E-state index is 12.3. The summed E-state index contributed by atoms with van der Waals surface area (Å²) >= 11 is 0. The summed E-state index contributed by atoms with van der Waals surface area (Å²) in [7, 11) is 0. The van der Waals surface area contributed by atoms with Crippen LogP contribution in [0.1, 0.15) is 45.1 Å². The molecule has 5 heteroatoms. The van der Waals surface area contributed by atoms with Gasteiger partial charge >= 0.3 is 6.18 Å². The molecule has 2 nitrogen and oxygen atoms in total. The van der Waals surface area contributed by atoms with Crippen LogP contribution in [0.3, 0.4) is 0 Å². The third-order valence-corrected chi connectivity index (χ3v) is 2.57. The molecule has 0 aromatic carbocycles. The highest BCUT2D eigenvalue weighted by Gasteiger charge is 2.30. The van der Waals surface area contributed by atoms with Gasteiger partial charge in [0.25, 0.3) is 0 Å². The van der Waals surface area contributed by atoms with E-state index >= 15 is 0 Å². The van der Waals surface area contributed by atoms with E-state index in [0.29, 0.717) is 0 Å². The van der Waals surface area contributed by atoms with Crippen LogP contribution in [0.25, 0.3) is 0 Å². The van der Waals surface area contributed by atoms with Gasteiger partial charge in [0.1, 0.15) is 6.10 Å². The van der Waals surface area contributed by atoms with Crippen LogP contribution >= 0.6 is 0 Å². The zero-order valence-corrected chi connectivity index (χ0v) is 10.6. The summed E-state index contributed by atoms with van der Waals surface area (Å²) in [5.74, 6) is 0.259. The topological polar surface area (TPSA) is 22.1 Å². The first-order valence-electron chi connectivity index (χ1n) is 6.17. The van der Waals surface area contributed by atoms with E-state index in [2.05, 4.69) is 4.98 Å². The van der Waals surface area contributed by atoms with Gasteiger partial charge in [0.2, 0.25) is 5.88 Å². The molecule has 0 N–H and O–H groups in total. The van der Waals surface area contributed by atoms with Gasteiger partial charge in [-0.3, -0.25) is 0 Å². The Balaban J connectivity index is 2.67. The van der Waals surface area contributed by atoms with E-state index in [1.807, 2.05) is 13.8 Å². The molecule has 1 rings (SSSR count). The first-order chi connectivity index (χ1) is 8.47. The number of hydrogen-bond donors (Lipinski definition) is 0. The minimum Gasteiger partial charge on any atom is -0.474 e. The predicted octanol–water partition coefficient (Wildman–Crippen LogP) is 4.45. The van der Waals surface area contributed by atoms with Crippen molar-refractivity contribution >= 4 is 0 Å². The van der Waals surface area contributed by atoms with Crippen LogP contribution < -0.4 is 4.74 Å². The predicted molar refractivity (Wildman–Crippen MR) is 63.5 cm³/mol. The first kappa shape index (κ1) is 14.8. The summed E-state index contributed by atoms with van der Waals surface area (Å²) in [6.07, 6.45) is 0.218. The second-order valence-electron chi connectivity index (χ2n) is 4.20. The van der Waals surface area contributed by atoms with E-state index in [9.17, 15) is 13.2 Å². The minimum atomic E-state index is -4.35. The molecule has 0 fully saturated rings. The first-order valence-corrected chi connectivity index (χ1v) is 6.17. The zero-order valence-electron chi connectivity index (χ0n) is 10.6. The number of rotatable bonds is 6. The lowest BCUT2D eigenvalue weighted by molar-refractivity contribution is -0.137. The smallest absolute Gasteiger partial charge is 0.417 e. The van der Waals surface area contributed by atoms with E-state index < -0.39 is 11.7 Å². The maximum Gasteiger partial charge on any atom is 0.417 e. The Morgan fingerprint density at radius 3 is 2.17 bits per heavy atom. The Hall–Kier alpha value is -1.26. The molecule has 0 unspecified atom stereocenters. The summed E-state index contributed by atoms with van der Waals surface area (Å²) in [6, 6.07) is 2.28. The van der Waals surface area contributed by atoms with E-state index in [1.165, 1.54) is 6.07 Å². The van der Waals surface area contributed by atoms with Gasteiger partial charge in [-0.1, -0.05) is 26.7 Å². The molecule has 0 saturated carbocycles. The lowest BCUT2D eigenvalue weighted by Gasteiger charge is -2.17. The van der Waals surface area contributed by atoms with Gasteiger partial charge in [-0.2, -0.15) is 13.2 Å². The molecule has 1 heterocycles. The molecule has 0 saturated heterocycles. The van der Waals surface area contributed by atoms with Crippen molar-refractivity contribution in [3.05, 3.63) is 23.9 Å². The van der Waals surface area contributed by atoms with Crippen LogP contribution in [0.2, 0.25) is 0 Å². The Labute approximate surface area is 105 Å². The number of halogens is 3. The third-order valence-electron chi connectivity index (χ3n) is 2.57. The molecule has 18 heavy (non-hydrogen) atoms. The largest absolute Gasteiger partial charge is 0.474 e. The highest BCUT2D eigenvalue weighted by atomic mass is 19.4. The maximum atomic E-state index is 12.3. The molecule has 0 radical (unpaired) electrons. The highest BCUT2D eigenvalue weighted by molar-refractivity contribution is 5.20. The molecule has 1 aromatic heterocycles. The lowest BCUT2D eigenvalue weighted by Crippen LogP contribution is -2.16. The van der Waals surface area contributed by atoms with E-state index in [0.717, 1.165) is 37.9 Å². The van der Waals surface area contributed by atoms with E-state index in [4.69, 9.17) is 4.74 Å². The number of pyridine rings is 1. The molecule has 0 atom stereocenters. The average molecular weight is 261 g/mol.